The molecule has 2 rings (SSSR count). The van der Waals surface area contributed by atoms with Gasteiger partial charge >= 0.3 is 5.97 Å². The summed E-state index contributed by atoms with van der Waals surface area (Å²) in [6, 6.07) is 5.46. The van der Waals surface area contributed by atoms with Crippen LogP contribution in [0, 0.1) is 13.8 Å². The Kier molecular flexibility index (Phi) is 3.90. The number of aromatic nitrogens is 1. The fourth-order valence-electron chi connectivity index (χ4n) is 1.74. The van der Waals surface area contributed by atoms with Crippen molar-refractivity contribution in [3.8, 4) is 11.5 Å². The van der Waals surface area contributed by atoms with Gasteiger partial charge in [-0.1, -0.05) is 17.7 Å². The summed E-state index contributed by atoms with van der Waals surface area (Å²) in [4.78, 5) is 15.9. The van der Waals surface area contributed by atoms with Crippen LogP contribution in [-0.4, -0.2) is 17.6 Å². The molecule has 0 amide bonds. The molecule has 0 bridgehead atoms. The highest BCUT2D eigenvalue weighted by Gasteiger charge is 2.20. The van der Waals surface area contributed by atoms with Gasteiger partial charge in [0.2, 0.25) is 11.7 Å². The Balaban J connectivity index is 2.45. The number of halogens is 1. The maximum Gasteiger partial charge on any atom is 0.376 e. The van der Waals surface area contributed by atoms with Gasteiger partial charge in [0.1, 0.15) is 0 Å². The zero-order chi connectivity index (χ0) is 14.0. The average molecular weight is 280 g/mol. The van der Waals surface area contributed by atoms with Crippen molar-refractivity contribution in [3.05, 3.63) is 40.2 Å². The van der Waals surface area contributed by atoms with Crippen molar-refractivity contribution in [2.75, 3.05) is 6.61 Å². The molecule has 1 heterocycles. The molecule has 0 saturated heterocycles. The van der Waals surface area contributed by atoms with Crippen molar-refractivity contribution in [2.45, 2.75) is 20.8 Å². The normalized spacial score (nSPS) is 10.5. The van der Waals surface area contributed by atoms with E-state index in [2.05, 4.69) is 4.98 Å². The van der Waals surface area contributed by atoms with Crippen LogP contribution in [0.2, 0.25) is 5.02 Å². The first kappa shape index (κ1) is 13.6. The van der Waals surface area contributed by atoms with Crippen LogP contribution in [0.15, 0.2) is 22.6 Å². The topological polar surface area (TPSA) is 52.3 Å². The number of hydrogen-bond acceptors (Lipinski definition) is 4. The molecule has 4 nitrogen and oxygen atoms in total. The number of carbonyl (C=O) groups is 1. The molecule has 2 aromatic rings. The minimum Gasteiger partial charge on any atom is -0.460 e. The van der Waals surface area contributed by atoms with Crippen LogP contribution in [0.3, 0.4) is 0 Å². The number of benzene rings is 1. The zero-order valence-electron chi connectivity index (χ0n) is 11.0. The summed E-state index contributed by atoms with van der Waals surface area (Å²) >= 11 is 6.06. The molecule has 19 heavy (non-hydrogen) atoms. The first-order chi connectivity index (χ1) is 9.04. The first-order valence-corrected chi connectivity index (χ1v) is 6.32. The number of rotatable bonds is 3. The van der Waals surface area contributed by atoms with E-state index in [4.69, 9.17) is 20.8 Å². The van der Waals surface area contributed by atoms with Crippen molar-refractivity contribution in [2.24, 2.45) is 0 Å². The standard InChI is InChI=1S/C14H14ClNO3/c1-4-18-14(17)12-9(3)16-13(19-12)10-6-5-7-11(15)8(10)2/h5-7H,4H2,1-3H3. The second-order valence-electron chi connectivity index (χ2n) is 4.07. The number of ether oxygens (including phenoxy) is 1. The molecule has 0 unspecified atom stereocenters. The lowest BCUT2D eigenvalue weighted by Crippen LogP contribution is -2.04. The van der Waals surface area contributed by atoms with Crippen LogP contribution in [0.5, 0.6) is 0 Å². The summed E-state index contributed by atoms with van der Waals surface area (Å²) in [7, 11) is 0. The lowest BCUT2D eigenvalue weighted by molar-refractivity contribution is 0.0490. The summed E-state index contributed by atoms with van der Waals surface area (Å²) < 4.78 is 10.4. The van der Waals surface area contributed by atoms with Gasteiger partial charge in [0.05, 0.1) is 12.3 Å². The minimum absolute atomic E-state index is 0.135. The van der Waals surface area contributed by atoms with E-state index in [1.807, 2.05) is 19.1 Å². The molecule has 0 spiro atoms. The fourth-order valence-corrected chi connectivity index (χ4v) is 1.91. The third-order valence-electron chi connectivity index (χ3n) is 2.76. The Bertz CT molecular complexity index is 619. The molecular formula is C14H14ClNO3. The Labute approximate surface area is 116 Å². The Morgan fingerprint density at radius 1 is 1.42 bits per heavy atom. The van der Waals surface area contributed by atoms with Crippen LogP contribution in [0.25, 0.3) is 11.5 Å². The van der Waals surface area contributed by atoms with E-state index in [0.717, 1.165) is 11.1 Å². The van der Waals surface area contributed by atoms with Gasteiger partial charge in [-0.2, -0.15) is 0 Å². The van der Waals surface area contributed by atoms with Crippen LogP contribution in [0.1, 0.15) is 28.7 Å². The lowest BCUT2D eigenvalue weighted by Gasteiger charge is -2.02. The Morgan fingerprint density at radius 3 is 2.84 bits per heavy atom. The van der Waals surface area contributed by atoms with Gasteiger partial charge in [0.25, 0.3) is 0 Å². The van der Waals surface area contributed by atoms with E-state index in [1.54, 1.807) is 19.9 Å². The van der Waals surface area contributed by atoms with Crippen molar-refractivity contribution < 1.29 is 13.9 Å². The van der Waals surface area contributed by atoms with Gasteiger partial charge < -0.3 is 9.15 Å². The molecule has 0 N–H and O–H groups in total. The van der Waals surface area contributed by atoms with Gasteiger partial charge in [-0.05, 0) is 38.5 Å². The minimum atomic E-state index is -0.501. The SMILES string of the molecule is CCOC(=O)c1oc(-c2cccc(Cl)c2C)nc1C. The van der Waals surface area contributed by atoms with Crippen LogP contribution in [-0.2, 0) is 4.74 Å². The number of aryl methyl sites for hydroxylation is 1. The van der Waals surface area contributed by atoms with E-state index >= 15 is 0 Å². The number of oxazole rings is 1. The highest BCUT2D eigenvalue weighted by atomic mass is 35.5. The largest absolute Gasteiger partial charge is 0.460 e. The maximum atomic E-state index is 11.7. The second-order valence-corrected chi connectivity index (χ2v) is 4.47. The smallest absolute Gasteiger partial charge is 0.376 e. The highest BCUT2D eigenvalue weighted by Crippen LogP contribution is 2.29. The molecule has 100 valence electrons. The molecule has 0 aliphatic carbocycles. The fraction of sp³-hybridized carbons (Fsp3) is 0.286. The molecule has 0 atom stereocenters. The molecule has 0 aliphatic rings. The second kappa shape index (κ2) is 5.45. The third-order valence-corrected chi connectivity index (χ3v) is 3.16. The Hall–Kier alpha value is -1.81. The molecule has 1 aromatic heterocycles. The van der Waals surface area contributed by atoms with E-state index < -0.39 is 5.97 Å². The zero-order valence-corrected chi connectivity index (χ0v) is 11.7. The van der Waals surface area contributed by atoms with Crippen molar-refractivity contribution >= 4 is 17.6 Å². The summed E-state index contributed by atoms with van der Waals surface area (Å²) in [6.45, 7) is 5.62. The lowest BCUT2D eigenvalue weighted by atomic mass is 10.1. The number of carbonyl (C=O) groups excluding carboxylic acids is 1. The predicted molar refractivity (Wildman–Crippen MR) is 72.4 cm³/mol. The maximum absolute atomic E-state index is 11.7. The summed E-state index contributed by atoms with van der Waals surface area (Å²) in [5, 5.41) is 0.631. The molecule has 0 fully saturated rings. The molecule has 1 aromatic carbocycles. The average Bonchev–Trinajstić information content (AvgIpc) is 2.75. The number of hydrogen-bond donors (Lipinski definition) is 0. The third kappa shape index (κ3) is 2.63. The van der Waals surface area contributed by atoms with Crippen LogP contribution >= 0.6 is 11.6 Å². The van der Waals surface area contributed by atoms with E-state index in [0.29, 0.717) is 23.2 Å². The first-order valence-electron chi connectivity index (χ1n) is 5.94. The van der Waals surface area contributed by atoms with Gasteiger partial charge in [0, 0.05) is 10.6 Å². The summed E-state index contributed by atoms with van der Waals surface area (Å²) in [6.07, 6.45) is 0. The van der Waals surface area contributed by atoms with Gasteiger partial charge in [0.15, 0.2) is 0 Å². The number of nitrogens with zero attached hydrogens (tertiary/aromatic N) is 1. The summed E-state index contributed by atoms with van der Waals surface area (Å²) in [5.74, 6) is 0.00945. The predicted octanol–water partition coefficient (Wildman–Crippen LogP) is 3.79. The molecular weight excluding hydrogens is 266 g/mol. The van der Waals surface area contributed by atoms with Gasteiger partial charge in [-0.15, -0.1) is 0 Å². The van der Waals surface area contributed by atoms with Crippen LogP contribution in [0.4, 0.5) is 0 Å². The van der Waals surface area contributed by atoms with E-state index in [-0.39, 0.29) is 5.76 Å². The molecule has 5 heteroatoms. The van der Waals surface area contributed by atoms with Gasteiger partial charge in [-0.25, -0.2) is 9.78 Å². The van der Waals surface area contributed by atoms with Crippen molar-refractivity contribution in [1.82, 2.24) is 4.98 Å². The van der Waals surface area contributed by atoms with Crippen molar-refractivity contribution in [3.63, 3.8) is 0 Å². The summed E-state index contributed by atoms with van der Waals surface area (Å²) in [5.41, 5.74) is 2.14. The molecule has 0 radical (unpaired) electrons. The molecule has 0 aliphatic heterocycles. The van der Waals surface area contributed by atoms with Gasteiger partial charge in [-0.3, -0.25) is 0 Å². The van der Waals surface area contributed by atoms with E-state index in [1.165, 1.54) is 0 Å². The van der Waals surface area contributed by atoms with Crippen molar-refractivity contribution in [1.29, 1.82) is 0 Å². The number of esters is 1. The van der Waals surface area contributed by atoms with E-state index in [9.17, 15) is 4.79 Å². The Morgan fingerprint density at radius 2 is 2.16 bits per heavy atom. The quantitative estimate of drug-likeness (QED) is 0.802. The monoisotopic (exact) mass is 279 g/mol. The molecule has 0 saturated carbocycles. The highest BCUT2D eigenvalue weighted by molar-refractivity contribution is 6.31. The van der Waals surface area contributed by atoms with Crippen LogP contribution < -0.4 is 0 Å².